The molecule has 0 unspecified atom stereocenters. The minimum Gasteiger partial charge on any atom is -0.424 e. The Morgan fingerprint density at radius 2 is 2.21 bits per heavy atom. The van der Waals surface area contributed by atoms with E-state index in [1.54, 1.807) is 0 Å². The zero-order valence-corrected chi connectivity index (χ0v) is 7.73. The minimum atomic E-state index is 0.174. The van der Waals surface area contributed by atoms with Gasteiger partial charge in [-0.05, 0) is 18.6 Å². The molecule has 0 radical (unpaired) electrons. The molecule has 0 spiro atoms. The maximum Gasteiger partial charge on any atom is 0.295 e. The molecule has 0 aliphatic carbocycles. The first kappa shape index (κ1) is 9.02. The van der Waals surface area contributed by atoms with E-state index in [2.05, 4.69) is 10.3 Å². The summed E-state index contributed by atoms with van der Waals surface area (Å²) >= 11 is 0. The van der Waals surface area contributed by atoms with Crippen LogP contribution in [0, 0.1) is 0 Å². The van der Waals surface area contributed by atoms with Crippen molar-refractivity contribution in [1.29, 1.82) is 0 Å². The Balaban J connectivity index is 2.11. The van der Waals surface area contributed by atoms with Crippen LogP contribution in [0.1, 0.15) is 6.42 Å². The molecule has 0 bridgehead atoms. The van der Waals surface area contributed by atoms with Crippen molar-refractivity contribution in [1.82, 2.24) is 4.98 Å². The maximum absolute atomic E-state index is 8.59. The average Bonchev–Trinajstić information content (AvgIpc) is 2.60. The quantitative estimate of drug-likeness (QED) is 0.723. The third-order valence-electron chi connectivity index (χ3n) is 1.91. The van der Waals surface area contributed by atoms with E-state index in [9.17, 15) is 0 Å². The number of aliphatic hydroxyl groups excluding tert-OH is 1. The second-order valence-electron chi connectivity index (χ2n) is 2.99. The van der Waals surface area contributed by atoms with Crippen LogP contribution in [0.25, 0.3) is 11.1 Å². The topological polar surface area (TPSA) is 58.3 Å². The molecule has 14 heavy (non-hydrogen) atoms. The molecule has 1 aromatic heterocycles. The summed E-state index contributed by atoms with van der Waals surface area (Å²) in [6.45, 7) is 0.844. The maximum atomic E-state index is 8.59. The van der Waals surface area contributed by atoms with Gasteiger partial charge in [0.2, 0.25) is 0 Å². The molecule has 2 aromatic rings. The van der Waals surface area contributed by atoms with Gasteiger partial charge in [0.15, 0.2) is 5.58 Å². The van der Waals surface area contributed by atoms with Crippen LogP contribution >= 0.6 is 0 Å². The van der Waals surface area contributed by atoms with E-state index in [1.165, 1.54) is 0 Å². The normalized spacial score (nSPS) is 10.6. The predicted molar refractivity (Wildman–Crippen MR) is 54.2 cm³/mol. The molecule has 74 valence electrons. The molecule has 2 rings (SSSR count). The van der Waals surface area contributed by atoms with Crippen LogP contribution in [0.5, 0.6) is 0 Å². The number of aliphatic hydroxyl groups is 1. The van der Waals surface area contributed by atoms with Gasteiger partial charge in [0.1, 0.15) is 5.52 Å². The Morgan fingerprint density at radius 1 is 1.36 bits per heavy atom. The smallest absolute Gasteiger partial charge is 0.295 e. The van der Waals surface area contributed by atoms with Crippen molar-refractivity contribution in [3.05, 3.63) is 24.3 Å². The lowest BCUT2D eigenvalue weighted by Crippen LogP contribution is -2.03. The molecule has 1 heterocycles. The molecule has 4 nitrogen and oxygen atoms in total. The molecular weight excluding hydrogens is 180 g/mol. The van der Waals surface area contributed by atoms with E-state index < -0.39 is 0 Å². The Kier molecular flexibility index (Phi) is 2.65. The lowest BCUT2D eigenvalue weighted by atomic mass is 10.3. The fourth-order valence-electron chi connectivity index (χ4n) is 1.22. The van der Waals surface area contributed by atoms with Crippen LogP contribution in [0.4, 0.5) is 6.01 Å². The molecule has 0 saturated carbocycles. The largest absolute Gasteiger partial charge is 0.424 e. The van der Waals surface area contributed by atoms with Gasteiger partial charge < -0.3 is 14.8 Å². The highest BCUT2D eigenvalue weighted by molar-refractivity contribution is 5.74. The van der Waals surface area contributed by atoms with Gasteiger partial charge in [-0.2, -0.15) is 4.98 Å². The van der Waals surface area contributed by atoms with Crippen molar-refractivity contribution in [3.8, 4) is 0 Å². The van der Waals surface area contributed by atoms with E-state index in [0.29, 0.717) is 19.0 Å². The summed E-state index contributed by atoms with van der Waals surface area (Å²) in [7, 11) is 0. The molecule has 2 N–H and O–H groups in total. The van der Waals surface area contributed by atoms with Crippen LogP contribution in [0.2, 0.25) is 0 Å². The van der Waals surface area contributed by atoms with E-state index in [0.717, 1.165) is 11.1 Å². The lowest BCUT2D eigenvalue weighted by Gasteiger charge is -1.96. The number of fused-ring (bicyclic) bond motifs is 1. The first-order valence-electron chi connectivity index (χ1n) is 4.60. The summed E-state index contributed by atoms with van der Waals surface area (Å²) in [5.41, 5.74) is 1.62. The van der Waals surface area contributed by atoms with Crippen LogP contribution in [-0.4, -0.2) is 23.2 Å². The molecule has 0 saturated heterocycles. The molecule has 0 fully saturated rings. The third-order valence-corrected chi connectivity index (χ3v) is 1.91. The van der Waals surface area contributed by atoms with Crippen LogP contribution in [0.15, 0.2) is 28.7 Å². The van der Waals surface area contributed by atoms with Crippen molar-refractivity contribution in [2.24, 2.45) is 0 Å². The molecule has 0 aliphatic rings. The van der Waals surface area contributed by atoms with Crippen molar-refractivity contribution in [3.63, 3.8) is 0 Å². The van der Waals surface area contributed by atoms with Gasteiger partial charge in [0.25, 0.3) is 6.01 Å². The molecule has 4 heteroatoms. The van der Waals surface area contributed by atoms with Crippen molar-refractivity contribution in [2.45, 2.75) is 6.42 Å². The van der Waals surface area contributed by atoms with Gasteiger partial charge in [-0.25, -0.2) is 0 Å². The predicted octanol–water partition coefficient (Wildman–Crippen LogP) is 1.62. The number of nitrogens with one attached hydrogen (secondary N) is 1. The van der Waals surface area contributed by atoms with Gasteiger partial charge in [-0.3, -0.25) is 0 Å². The highest BCUT2D eigenvalue weighted by Gasteiger charge is 2.02. The fourth-order valence-corrected chi connectivity index (χ4v) is 1.22. The minimum absolute atomic E-state index is 0.174. The van der Waals surface area contributed by atoms with Gasteiger partial charge >= 0.3 is 0 Å². The Hall–Kier alpha value is -1.55. The number of para-hydroxylation sites is 2. The van der Waals surface area contributed by atoms with E-state index in [-0.39, 0.29) is 6.61 Å². The summed E-state index contributed by atoms with van der Waals surface area (Å²) in [6.07, 6.45) is 0.693. The number of hydrogen-bond donors (Lipinski definition) is 2. The monoisotopic (exact) mass is 192 g/mol. The van der Waals surface area contributed by atoms with Crippen molar-refractivity contribution in [2.75, 3.05) is 18.5 Å². The van der Waals surface area contributed by atoms with E-state index in [4.69, 9.17) is 9.52 Å². The molecular formula is C10H12N2O2. The molecule has 0 aliphatic heterocycles. The van der Waals surface area contributed by atoms with Gasteiger partial charge in [-0.15, -0.1) is 0 Å². The number of oxazole rings is 1. The SMILES string of the molecule is OCCCNc1nc2ccccc2o1. The highest BCUT2D eigenvalue weighted by Crippen LogP contribution is 2.17. The zero-order chi connectivity index (χ0) is 9.80. The summed E-state index contributed by atoms with van der Waals surface area (Å²) in [4.78, 5) is 4.23. The first-order valence-corrected chi connectivity index (χ1v) is 4.60. The third kappa shape index (κ3) is 1.85. The summed E-state index contributed by atoms with van der Waals surface area (Å²) < 4.78 is 5.41. The molecule has 0 amide bonds. The summed E-state index contributed by atoms with van der Waals surface area (Å²) in [5, 5.41) is 11.6. The number of anilines is 1. The number of aromatic nitrogens is 1. The molecule has 0 atom stereocenters. The summed E-state index contributed by atoms with van der Waals surface area (Å²) in [5.74, 6) is 0. The Bertz CT molecular complexity index is 378. The van der Waals surface area contributed by atoms with Gasteiger partial charge in [-0.1, -0.05) is 12.1 Å². The first-order chi connectivity index (χ1) is 6.90. The number of hydrogen-bond acceptors (Lipinski definition) is 4. The van der Waals surface area contributed by atoms with Crippen LogP contribution in [0.3, 0.4) is 0 Å². The van der Waals surface area contributed by atoms with Gasteiger partial charge in [0, 0.05) is 13.2 Å². The second kappa shape index (κ2) is 4.11. The Labute approximate surface area is 81.6 Å². The average molecular weight is 192 g/mol. The fraction of sp³-hybridized carbons (Fsp3) is 0.300. The van der Waals surface area contributed by atoms with Gasteiger partial charge in [0.05, 0.1) is 0 Å². The van der Waals surface area contributed by atoms with E-state index >= 15 is 0 Å². The highest BCUT2D eigenvalue weighted by atomic mass is 16.4. The number of benzene rings is 1. The summed E-state index contributed by atoms with van der Waals surface area (Å²) in [6, 6.07) is 8.11. The second-order valence-corrected chi connectivity index (χ2v) is 2.99. The van der Waals surface area contributed by atoms with Crippen LogP contribution < -0.4 is 5.32 Å². The van der Waals surface area contributed by atoms with Crippen LogP contribution in [-0.2, 0) is 0 Å². The standard InChI is InChI=1S/C10H12N2O2/c13-7-3-6-11-10-12-8-4-1-2-5-9(8)14-10/h1-2,4-5,13H,3,6-7H2,(H,11,12). The molecule has 1 aromatic carbocycles. The van der Waals surface area contributed by atoms with Crippen molar-refractivity contribution < 1.29 is 9.52 Å². The zero-order valence-electron chi connectivity index (χ0n) is 7.73. The number of nitrogens with zero attached hydrogens (tertiary/aromatic N) is 1. The van der Waals surface area contributed by atoms with E-state index in [1.807, 2.05) is 24.3 Å². The lowest BCUT2D eigenvalue weighted by molar-refractivity contribution is 0.292. The van der Waals surface area contributed by atoms with Crippen molar-refractivity contribution >= 4 is 17.1 Å². The number of rotatable bonds is 4. The Morgan fingerprint density at radius 3 is 3.00 bits per heavy atom.